The fraction of sp³-hybridized carbons (Fsp3) is 0.333. The zero-order valence-electron chi connectivity index (χ0n) is 16.1. The number of benzene rings is 1. The lowest BCUT2D eigenvalue weighted by Gasteiger charge is -2.32. The summed E-state index contributed by atoms with van der Waals surface area (Å²) in [5, 5.41) is 13.0. The maximum atomic E-state index is 12.6. The first kappa shape index (κ1) is 20.9. The van der Waals surface area contributed by atoms with Crippen LogP contribution < -0.4 is 0 Å². The molecule has 7 nitrogen and oxygen atoms in total. The van der Waals surface area contributed by atoms with E-state index in [1.54, 1.807) is 17.4 Å². The summed E-state index contributed by atoms with van der Waals surface area (Å²) < 4.78 is 5.61. The summed E-state index contributed by atoms with van der Waals surface area (Å²) in [7, 11) is 0. The Bertz CT molecular complexity index is 923. The number of nitrogens with zero attached hydrogens (tertiary/aromatic N) is 2. The van der Waals surface area contributed by atoms with Gasteiger partial charge in [-0.2, -0.15) is 0 Å². The Morgan fingerprint density at radius 3 is 2.86 bits per heavy atom. The normalized spacial score (nSPS) is 17.7. The molecule has 0 N–H and O–H groups in total. The van der Waals surface area contributed by atoms with Crippen molar-refractivity contribution in [3.8, 4) is 0 Å². The van der Waals surface area contributed by atoms with Crippen molar-refractivity contribution in [1.29, 1.82) is 0 Å². The molecule has 8 heteroatoms. The van der Waals surface area contributed by atoms with E-state index in [9.17, 15) is 19.7 Å². The topological polar surface area (TPSA) is 89.8 Å². The van der Waals surface area contributed by atoms with E-state index < -0.39 is 16.7 Å². The lowest BCUT2D eigenvalue weighted by atomic mass is 10.1. The van der Waals surface area contributed by atoms with Gasteiger partial charge in [-0.15, -0.1) is 11.3 Å². The minimum Gasteiger partial charge on any atom is -0.457 e. The van der Waals surface area contributed by atoms with Gasteiger partial charge < -0.3 is 4.74 Å². The minimum atomic E-state index is -0.688. The Hall–Kier alpha value is -2.84. The van der Waals surface area contributed by atoms with Gasteiger partial charge in [-0.05, 0) is 49.4 Å². The molecule has 29 heavy (non-hydrogen) atoms. The van der Waals surface area contributed by atoms with Crippen LogP contribution >= 0.6 is 11.3 Å². The van der Waals surface area contributed by atoms with E-state index in [-0.39, 0.29) is 17.4 Å². The van der Waals surface area contributed by atoms with Crippen LogP contribution in [-0.4, -0.2) is 40.8 Å². The average Bonchev–Trinajstić information content (AvgIpc) is 3.19. The molecule has 2 heterocycles. The van der Waals surface area contributed by atoms with Crippen LogP contribution in [0.1, 0.15) is 30.2 Å². The Balaban J connectivity index is 1.68. The molecule has 1 aromatic heterocycles. The van der Waals surface area contributed by atoms with Gasteiger partial charge in [0, 0.05) is 30.1 Å². The Kier molecular flexibility index (Phi) is 6.90. The summed E-state index contributed by atoms with van der Waals surface area (Å²) in [5.41, 5.74) is 0.191. The van der Waals surface area contributed by atoms with E-state index in [1.807, 2.05) is 11.4 Å². The lowest BCUT2D eigenvalue weighted by Crippen LogP contribution is -2.40. The van der Waals surface area contributed by atoms with E-state index in [4.69, 9.17) is 4.74 Å². The molecule has 1 fully saturated rings. The van der Waals surface area contributed by atoms with Crippen molar-refractivity contribution in [2.45, 2.75) is 32.4 Å². The molecule has 0 spiro atoms. The van der Waals surface area contributed by atoms with Crippen molar-refractivity contribution in [1.82, 2.24) is 4.90 Å². The number of ether oxygens (including phenoxy) is 1. The Labute approximate surface area is 172 Å². The number of likely N-dealkylation sites (tertiary alicyclic amines) is 1. The molecule has 152 valence electrons. The number of rotatable bonds is 7. The zero-order chi connectivity index (χ0) is 20.8. The number of hydrogen-bond acceptors (Lipinski definition) is 7. The van der Waals surface area contributed by atoms with Crippen LogP contribution in [0.25, 0.3) is 6.08 Å². The summed E-state index contributed by atoms with van der Waals surface area (Å²) in [5.74, 6) is -1.13. The maximum absolute atomic E-state index is 12.6. The number of nitro benzene ring substituents is 1. The number of ketones is 1. The number of non-ortho nitro benzene ring substituents is 1. The van der Waals surface area contributed by atoms with E-state index in [0.717, 1.165) is 25.9 Å². The van der Waals surface area contributed by atoms with Crippen LogP contribution in [0.3, 0.4) is 0 Å². The fourth-order valence-corrected chi connectivity index (χ4v) is 4.04. The molecule has 1 aliphatic heterocycles. The highest BCUT2D eigenvalue weighted by atomic mass is 32.1. The molecule has 1 aliphatic rings. The van der Waals surface area contributed by atoms with Crippen molar-refractivity contribution in [2.24, 2.45) is 0 Å². The number of esters is 1. The van der Waals surface area contributed by atoms with Crippen LogP contribution in [0.4, 0.5) is 5.69 Å². The van der Waals surface area contributed by atoms with Gasteiger partial charge in [-0.1, -0.05) is 18.2 Å². The number of hydrogen-bond donors (Lipinski definition) is 0. The van der Waals surface area contributed by atoms with Crippen LogP contribution in [0.5, 0.6) is 0 Å². The fourth-order valence-electron chi connectivity index (χ4n) is 3.29. The van der Waals surface area contributed by atoms with Gasteiger partial charge in [-0.25, -0.2) is 4.79 Å². The van der Waals surface area contributed by atoms with Gasteiger partial charge in [0.15, 0.2) is 5.78 Å². The maximum Gasteiger partial charge on any atom is 0.342 e. The number of carbonyl (C=O) groups excluding carboxylic acids is 2. The molecular formula is C21H22N2O5S. The molecule has 1 atom stereocenters. The van der Waals surface area contributed by atoms with Crippen LogP contribution in [0, 0.1) is 10.1 Å². The zero-order valence-corrected chi connectivity index (χ0v) is 16.9. The third kappa shape index (κ3) is 5.82. The molecule has 1 saturated heterocycles. The summed E-state index contributed by atoms with van der Waals surface area (Å²) in [4.78, 5) is 38.6. The summed E-state index contributed by atoms with van der Waals surface area (Å²) in [6.07, 6.45) is 2.72. The molecule has 1 aromatic carbocycles. The standard InChI is InChI=1S/C21H22N2O5S/c1-15(24)20(12-16-5-2-6-17(11-16)23(26)27)21(25)28-18-7-3-9-22(13-18)14-19-8-4-10-29-19/h2,4-6,8,10-12,18H,3,7,9,13-14H2,1H3. The van der Waals surface area contributed by atoms with Crippen LogP contribution in [-0.2, 0) is 20.9 Å². The van der Waals surface area contributed by atoms with Crippen molar-refractivity contribution in [3.63, 3.8) is 0 Å². The molecular weight excluding hydrogens is 392 g/mol. The minimum absolute atomic E-state index is 0.105. The highest BCUT2D eigenvalue weighted by Crippen LogP contribution is 2.21. The first-order valence-corrected chi connectivity index (χ1v) is 10.2. The highest BCUT2D eigenvalue weighted by Gasteiger charge is 2.26. The number of Topliss-reactive ketones (excluding diaryl/α,β-unsaturated/α-hetero) is 1. The van der Waals surface area contributed by atoms with Gasteiger partial charge in [0.05, 0.1) is 4.92 Å². The summed E-state index contributed by atoms with van der Waals surface area (Å²) >= 11 is 1.69. The third-order valence-electron chi connectivity index (χ3n) is 4.69. The Morgan fingerprint density at radius 1 is 1.34 bits per heavy atom. The van der Waals surface area contributed by atoms with E-state index >= 15 is 0 Å². The second-order valence-electron chi connectivity index (χ2n) is 6.95. The molecule has 0 bridgehead atoms. The van der Waals surface area contributed by atoms with E-state index in [0.29, 0.717) is 12.1 Å². The second-order valence-corrected chi connectivity index (χ2v) is 7.98. The quantitative estimate of drug-likeness (QED) is 0.171. The predicted octanol–water partition coefficient (Wildman–Crippen LogP) is 3.84. The van der Waals surface area contributed by atoms with Gasteiger partial charge in [-0.3, -0.25) is 19.8 Å². The Morgan fingerprint density at radius 2 is 2.17 bits per heavy atom. The third-order valence-corrected chi connectivity index (χ3v) is 5.55. The predicted molar refractivity (Wildman–Crippen MR) is 110 cm³/mol. The second kappa shape index (κ2) is 9.58. The largest absolute Gasteiger partial charge is 0.457 e. The highest BCUT2D eigenvalue weighted by molar-refractivity contribution is 7.09. The van der Waals surface area contributed by atoms with Crippen LogP contribution in [0.2, 0.25) is 0 Å². The molecule has 3 rings (SSSR count). The van der Waals surface area contributed by atoms with E-state index in [2.05, 4.69) is 11.0 Å². The number of piperidine rings is 1. The van der Waals surface area contributed by atoms with Crippen molar-refractivity contribution in [3.05, 3.63) is 67.9 Å². The van der Waals surface area contributed by atoms with Gasteiger partial charge in [0.25, 0.3) is 5.69 Å². The van der Waals surface area contributed by atoms with Gasteiger partial charge >= 0.3 is 5.97 Å². The SMILES string of the molecule is CC(=O)C(=Cc1cccc([N+](=O)[O-])c1)C(=O)OC1CCCN(Cc2cccs2)C1. The smallest absolute Gasteiger partial charge is 0.342 e. The van der Waals surface area contributed by atoms with Crippen molar-refractivity contribution in [2.75, 3.05) is 13.1 Å². The lowest BCUT2D eigenvalue weighted by molar-refractivity contribution is -0.384. The van der Waals surface area contributed by atoms with Crippen molar-refractivity contribution >= 4 is 34.9 Å². The first-order chi connectivity index (χ1) is 13.9. The van der Waals surface area contributed by atoms with Gasteiger partial charge in [0.2, 0.25) is 0 Å². The molecule has 1 unspecified atom stereocenters. The number of carbonyl (C=O) groups is 2. The monoisotopic (exact) mass is 414 g/mol. The number of nitro groups is 1. The molecule has 0 saturated carbocycles. The summed E-state index contributed by atoms with van der Waals surface area (Å²) in [6.45, 7) is 3.66. The first-order valence-electron chi connectivity index (χ1n) is 9.35. The van der Waals surface area contributed by atoms with Crippen molar-refractivity contribution < 1.29 is 19.2 Å². The molecule has 0 amide bonds. The average molecular weight is 414 g/mol. The number of thiophene rings is 1. The van der Waals surface area contributed by atoms with Gasteiger partial charge in [0.1, 0.15) is 11.7 Å². The molecule has 0 aliphatic carbocycles. The van der Waals surface area contributed by atoms with Crippen LogP contribution in [0.15, 0.2) is 47.4 Å². The molecule has 2 aromatic rings. The van der Waals surface area contributed by atoms with E-state index in [1.165, 1.54) is 36.1 Å². The summed E-state index contributed by atoms with van der Waals surface area (Å²) in [6, 6.07) is 9.88. The molecule has 0 radical (unpaired) electrons.